The Bertz CT molecular complexity index is 940. The lowest BCUT2D eigenvalue weighted by Crippen LogP contribution is -2.28. The van der Waals surface area contributed by atoms with E-state index in [9.17, 15) is 19.3 Å². The Balaban J connectivity index is 1.92. The number of nitrogens with zero attached hydrogens (tertiary/aromatic N) is 1. The largest absolute Gasteiger partial charge is 0.340 e. The highest BCUT2D eigenvalue weighted by Crippen LogP contribution is 2.27. The Hall–Kier alpha value is -3.06. The van der Waals surface area contributed by atoms with E-state index in [0.29, 0.717) is 5.56 Å². The summed E-state index contributed by atoms with van der Waals surface area (Å²) in [5, 5.41) is 15.9. The van der Waals surface area contributed by atoms with Crippen LogP contribution >= 0.6 is 11.3 Å². The molecule has 0 unspecified atom stereocenters. The second kappa shape index (κ2) is 7.45. The number of hydrogen-bond donors (Lipinski definition) is 1. The summed E-state index contributed by atoms with van der Waals surface area (Å²) in [5.41, 5.74) is 1.31. The molecule has 0 aliphatic rings. The number of carbonyl (C=O) groups excluding carboxylic acids is 1. The van der Waals surface area contributed by atoms with E-state index >= 15 is 0 Å². The smallest absolute Gasteiger partial charge is 0.273 e. The zero-order chi connectivity index (χ0) is 18.7. The predicted molar refractivity (Wildman–Crippen MR) is 97.9 cm³/mol. The highest BCUT2D eigenvalue weighted by Gasteiger charge is 2.21. The summed E-state index contributed by atoms with van der Waals surface area (Å²) in [4.78, 5) is 24.1. The van der Waals surface area contributed by atoms with Gasteiger partial charge in [0.2, 0.25) is 0 Å². The fourth-order valence-corrected chi connectivity index (χ4v) is 3.39. The van der Waals surface area contributed by atoms with Gasteiger partial charge in [-0.05, 0) is 42.1 Å². The normalized spacial score (nSPS) is 11.8. The van der Waals surface area contributed by atoms with Crippen molar-refractivity contribution in [1.82, 2.24) is 5.32 Å². The molecule has 1 amide bonds. The molecule has 0 saturated carbocycles. The van der Waals surface area contributed by atoms with Crippen LogP contribution in [0, 0.1) is 22.9 Å². The van der Waals surface area contributed by atoms with E-state index in [4.69, 9.17) is 0 Å². The van der Waals surface area contributed by atoms with E-state index in [-0.39, 0.29) is 17.1 Å². The first-order chi connectivity index (χ1) is 12.5. The van der Waals surface area contributed by atoms with Gasteiger partial charge >= 0.3 is 0 Å². The lowest BCUT2D eigenvalue weighted by atomic mass is 10.0. The van der Waals surface area contributed by atoms with Gasteiger partial charge in [-0.15, -0.1) is 11.3 Å². The Morgan fingerprint density at radius 3 is 2.54 bits per heavy atom. The van der Waals surface area contributed by atoms with Gasteiger partial charge in [0, 0.05) is 22.1 Å². The van der Waals surface area contributed by atoms with Crippen molar-refractivity contribution < 1.29 is 14.1 Å². The molecule has 0 spiro atoms. The van der Waals surface area contributed by atoms with Crippen LogP contribution in [0.4, 0.5) is 10.1 Å². The second-order valence-corrected chi connectivity index (χ2v) is 6.71. The fraction of sp³-hybridized carbons (Fsp3) is 0.105. The van der Waals surface area contributed by atoms with Gasteiger partial charge in [-0.3, -0.25) is 14.9 Å². The second-order valence-electron chi connectivity index (χ2n) is 5.73. The van der Waals surface area contributed by atoms with Crippen LogP contribution in [0.1, 0.15) is 32.4 Å². The molecule has 1 aromatic heterocycles. The topological polar surface area (TPSA) is 72.2 Å². The van der Waals surface area contributed by atoms with Gasteiger partial charge in [0.15, 0.2) is 0 Å². The standard InChI is InChI=1S/C19H15FN2O3S/c1-12-4-5-14(11-16(12)22(24)25)19(23)21-18(17-3-2-10-26-17)13-6-8-15(20)9-7-13/h2-11,18H,1H3,(H,21,23)/t18-/m1/s1. The number of halogens is 1. The maximum atomic E-state index is 13.2. The van der Waals surface area contributed by atoms with E-state index in [0.717, 1.165) is 10.4 Å². The molecular formula is C19H15FN2O3S. The van der Waals surface area contributed by atoms with E-state index < -0.39 is 16.9 Å². The van der Waals surface area contributed by atoms with Crippen molar-refractivity contribution >= 4 is 22.9 Å². The molecule has 1 heterocycles. The molecule has 3 rings (SSSR count). The van der Waals surface area contributed by atoms with Crippen LogP contribution in [0.5, 0.6) is 0 Å². The molecule has 0 radical (unpaired) electrons. The number of carbonyl (C=O) groups is 1. The van der Waals surface area contributed by atoms with Crippen LogP contribution in [0.25, 0.3) is 0 Å². The summed E-state index contributed by atoms with van der Waals surface area (Å²) in [6.45, 7) is 1.62. The van der Waals surface area contributed by atoms with Crippen molar-refractivity contribution in [2.45, 2.75) is 13.0 Å². The van der Waals surface area contributed by atoms with Gasteiger partial charge in [0.1, 0.15) is 5.82 Å². The average Bonchev–Trinajstić information content (AvgIpc) is 3.15. The summed E-state index contributed by atoms with van der Waals surface area (Å²) in [6, 6.07) is 13.5. The molecule has 0 saturated heterocycles. The Labute approximate surface area is 153 Å². The number of nitro groups is 1. The molecule has 0 aliphatic carbocycles. The van der Waals surface area contributed by atoms with Crippen LogP contribution in [0.15, 0.2) is 60.0 Å². The molecule has 1 atom stereocenters. The van der Waals surface area contributed by atoms with Crippen LogP contribution in [0.3, 0.4) is 0 Å². The van der Waals surface area contributed by atoms with Crippen molar-refractivity contribution in [3.63, 3.8) is 0 Å². The number of amides is 1. The molecule has 132 valence electrons. The van der Waals surface area contributed by atoms with Gasteiger partial charge in [0.25, 0.3) is 11.6 Å². The first-order valence-electron chi connectivity index (χ1n) is 7.80. The van der Waals surface area contributed by atoms with Crippen molar-refractivity contribution in [3.05, 3.63) is 97.5 Å². The van der Waals surface area contributed by atoms with Crippen LogP contribution in [-0.4, -0.2) is 10.8 Å². The summed E-state index contributed by atoms with van der Waals surface area (Å²) >= 11 is 1.46. The summed E-state index contributed by atoms with van der Waals surface area (Å²) in [7, 11) is 0. The molecule has 0 fully saturated rings. The van der Waals surface area contributed by atoms with E-state index in [2.05, 4.69) is 5.32 Å². The van der Waals surface area contributed by atoms with Gasteiger partial charge in [-0.2, -0.15) is 0 Å². The van der Waals surface area contributed by atoms with Crippen molar-refractivity contribution in [3.8, 4) is 0 Å². The third kappa shape index (κ3) is 3.78. The minimum Gasteiger partial charge on any atom is -0.340 e. The first kappa shape index (κ1) is 17.8. The highest BCUT2D eigenvalue weighted by molar-refractivity contribution is 7.10. The molecule has 26 heavy (non-hydrogen) atoms. The van der Waals surface area contributed by atoms with Crippen LogP contribution in [-0.2, 0) is 0 Å². The first-order valence-corrected chi connectivity index (χ1v) is 8.68. The quantitative estimate of drug-likeness (QED) is 0.526. The van der Waals surface area contributed by atoms with E-state index in [1.54, 1.807) is 31.2 Å². The monoisotopic (exact) mass is 370 g/mol. The van der Waals surface area contributed by atoms with Crippen molar-refractivity contribution in [1.29, 1.82) is 0 Å². The third-order valence-electron chi connectivity index (χ3n) is 3.97. The molecule has 1 N–H and O–H groups in total. The van der Waals surface area contributed by atoms with Gasteiger partial charge in [0.05, 0.1) is 11.0 Å². The van der Waals surface area contributed by atoms with Crippen LogP contribution in [0.2, 0.25) is 0 Å². The highest BCUT2D eigenvalue weighted by atomic mass is 32.1. The maximum absolute atomic E-state index is 13.2. The lowest BCUT2D eigenvalue weighted by Gasteiger charge is -2.18. The Kier molecular flexibility index (Phi) is 5.09. The molecule has 5 nitrogen and oxygen atoms in total. The molecule has 3 aromatic rings. The molecular weight excluding hydrogens is 355 g/mol. The minimum absolute atomic E-state index is 0.105. The van der Waals surface area contributed by atoms with Gasteiger partial charge in [-0.1, -0.05) is 24.3 Å². The minimum atomic E-state index is -0.511. The molecule has 0 aliphatic heterocycles. The van der Waals surface area contributed by atoms with Gasteiger partial charge in [-0.25, -0.2) is 4.39 Å². The number of hydrogen-bond acceptors (Lipinski definition) is 4. The maximum Gasteiger partial charge on any atom is 0.273 e. The number of aryl methyl sites for hydroxylation is 1. The zero-order valence-electron chi connectivity index (χ0n) is 13.8. The van der Waals surface area contributed by atoms with Crippen LogP contribution < -0.4 is 5.32 Å². The number of thiophene rings is 1. The van der Waals surface area contributed by atoms with E-state index in [1.165, 1.54) is 29.5 Å². The van der Waals surface area contributed by atoms with Crippen molar-refractivity contribution in [2.75, 3.05) is 0 Å². The molecule has 2 aromatic carbocycles. The molecule has 0 bridgehead atoms. The van der Waals surface area contributed by atoms with Gasteiger partial charge < -0.3 is 5.32 Å². The zero-order valence-corrected chi connectivity index (χ0v) is 14.6. The SMILES string of the molecule is Cc1ccc(C(=O)N[C@H](c2ccc(F)cc2)c2cccs2)cc1[N+](=O)[O-]. The number of rotatable bonds is 5. The Morgan fingerprint density at radius 1 is 1.19 bits per heavy atom. The number of benzene rings is 2. The summed E-state index contributed by atoms with van der Waals surface area (Å²) in [6.07, 6.45) is 0. The van der Waals surface area contributed by atoms with E-state index in [1.807, 2.05) is 17.5 Å². The summed E-state index contributed by atoms with van der Waals surface area (Å²) in [5.74, 6) is -0.796. The number of nitrogens with one attached hydrogen (secondary N) is 1. The fourth-order valence-electron chi connectivity index (χ4n) is 2.59. The summed E-state index contributed by atoms with van der Waals surface area (Å²) < 4.78 is 13.2. The third-order valence-corrected chi connectivity index (χ3v) is 4.91. The number of nitro benzene ring substituents is 1. The Morgan fingerprint density at radius 2 is 1.92 bits per heavy atom. The predicted octanol–water partition coefficient (Wildman–Crippen LogP) is 4.62. The molecule has 7 heteroatoms. The average molecular weight is 370 g/mol. The lowest BCUT2D eigenvalue weighted by molar-refractivity contribution is -0.385. The van der Waals surface area contributed by atoms with Crippen molar-refractivity contribution in [2.24, 2.45) is 0 Å².